The molecule has 2 aromatic carbocycles. The van der Waals surface area contributed by atoms with Crippen LogP contribution in [-0.2, 0) is 26.2 Å². The number of hydrogen-bond donors (Lipinski definition) is 2. The maximum absolute atomic E-state index is 12.8. The van der Waals surface area contributed by atoms with Crippen LogP contribution in [0, 0.1) is 0 Å². The van der Waals surface area contributed by atoms with Gasteiger partial charge >= 0.3 is 6.18 Å². The third kappa shape index (κ3) is 5.25. The van der Waals surface area contributed by atoms with Gasteiger partial charge in [0.25, 0.3) is 20.0 Å². The summed E-state index contributed by atoms with van der Waals surface area (Å²) in [5.74, 6) is 0. The Labute approximate surface area is 179 Å². The zero-order valence-corrected chi connectivity index (χ0v) is 17.8. The Kier molecular flexibility index (Phi) is 6.05. The van der Waals surface area contributed by atoms with Crippen LogP contribution in [0.15, 0.2) is 69.8 Å². The molecule has 160 valence electrons. The molecule has 0 atom stereocenters. The van der Waals surface area contributed by atoms with E-state index >= 15 is 0 Å². The molecule has 0 amide bonds. The molecule has 0 radical (unpaired) electrons. The molecule has 13 heteroatoms. The first-order valence-electron chi connectivity index (χ1n) is 7.95. The highest BCUT2D eigenvalue weighted by atomic mass is 35.5. The Bertz CT molecular complexity index is 1290. The van der Waals surface area contributed by atoms with Gasteiger partial charge in [0.2, 0.25) is 0 Å². The van der Waals surface area contributed by atoms with Gasteiger partial charge in [-0.05, 0) is 48.5 Å². The van der Waals surface area contributed by atoms with Crippen molar-refractivity contribution < 1.29 is 30.0 Å². The molecule has 30 heavy (non-hydrogen) atoms. The molecule has 0 aliphatic heterocycles. The summed E-state index contributed by atoms with van der Waals surface area (Å²) in [5.41, 5.74) is -1.35. The lowest BCUT2D eigenvalue weighted by Crippen LogP contribution is -2.15. The number of halogens is 4. The number of thiophene rings is 1. The summed E-state index contributed by atoms with van der Waals surface area (Å²) >= 11 is 6.56. The summed E-state index contributed by atoms with van der Waals surface area (Å²) in [4.78, 5) is -0.343. The Morgan fingerprint density at radius 1 is 0.800 bits per heavy atom. The number of rotatable bonds is 6. The van der Waals surface area contributed by atoms with Crippen molar-refractivity contribution in [2.45, 2.75) is 15.3 Å². The first kappa shape index (κ1) is 22.4. The third-order valence-corrected chi connectivity index (χ3v) is 8.14. The number of benzene rings is 2. The van der Waals surface area contributed by atoms with E-state index in [2.05, 4.69) is 9.44 Å². The molecule has 0 fully saturated rings. The van der Waals surface area contributed by atoms with E-state index in [4.69, 9.17) is 11.6 Å². The number of nitrogens with one attached hydrogen (secondary N) is 2. The van der Waals surface area contributed by atoms with Gasteiger partial charge in [-0.25, -0.2) is 16.8 Å². The van der Waals surface area contributed by atoms with Crippen LogP contribution in [0.1, 0.15) is 5.56 Å². The molecule has 1 heterocycles. The summed E-state index contributed by atoms with van der Waals surface area (Å²) in [6.07, 6.45) is -4.63. The van der Waals surface area contributed by atoms with Crippen molar-refractivity contribution in [3.8, 4) is 0 Å². The van der Waals surface area contributed by atoms with Crippen LogP contribution in [0.5, 0.6) is 0 Å². The van der Waals surface area contributed by atoms with Crippen LogP contribution in [-0.4, -0.2) is 16.8 Å². The van der Waals surface area contributed by atoms with Crippen molar-refractivity contribution in [2.24, 2.45) is 0 Å². The van der Waals surface area contributed by atoms with Crippen molar-refractivity contribution in [3.05, 3.63) is 70.6 Å². The zero-order chi connectivity index (χ0) is 22.2. The fraction of sp³-hybridized carbons (Fsp3) is 0.0588. The third-order valence-electron chi connectivity index (χ3n) is 3.65. The van der Waals surface area contributed by atoms with Gasteiger partial charge in [-0.1, -0.05) is 23.7 Å². The summed E-state index contributed by atoms with van der Waals surface area (Å²) in [5, 5.41) is 0. The van der Waals surface area contributed by atoms with Gasteiger partial charge in [-0.3, -0.25) is 9.44 Å². The predicted molar refractivity (Wildman–Crippen MR) is 109 cm³/mol. The SMILES string of the molecule is O=S(=O)(Nc1cccc(C(F)(F)F)c1)c1cccc(NS(=O)(=O)c2ccc(Cl)s2)c1. The molecule has 6 nitrogen and oxygen atoms in total. The zero-order valence-electron chi connectivity index (χ0n) is 14.6. The minimum absolute atomic E-state index is 0.0496. The largest absolute Gasteiger partial charge is 0.416 e. The second-order valence-electron chi connectivity index (χ2n) is 5.88. The van der Waals surface area contributed by atoms with Crippen LogP contribution >= 0.6 is 22.9 Å². The Morgan fingerprint density at radius 2 is 1.40 bits per heavy atom. The highest BCUT2D eigenvalue weighted by Crippen LogP contribution is 2.32. The maximum atomic E-state index is 12.8. The summed E-state index contributed by atoms with van der Waals surface area (Å²) in [7, 11) is -8.28. The van der Waals surface area contributed by atoms with E-state index in [1.165, 1.54) is 36.4 Å². The molecular formula is C17H12ClF3N2O4S3. The first-order valence-corrected chi connectivity index (χ1v) is 12.1. The van der Waals surface area contributed by atoms with Crippen LogP contribution in [0.4, 0.5) is 24.5 Å². The molecule has 0 saturated carbocycles. The molecule has 3 aromatic rings. The fourth-order valence-electron chi connectivity index (χ4n) is 2.35. The number of anilines is 2. The summed E-state index contributed by atoms with van der Waals surface area (Å²) in [6, 6.07) is 11.2. The molecule has 3 rings (SSSR count). The lowest BCUT2D eigenvalue weighted by Gasteiger charge is -2.12. The van der Waals surface area contributed by atoms with Crippen molar-refractivity contribution in [2.75, 3.05) is 9.44 Å². The molecular weight excluding hydrogens is 485 g/mol. The molecule has 0 aliphatic rings. The highest BCUT2D eigenvalue weighted by molar-refractivity contribution is 7.94. The average Bonchev–Trinajstić information content (AvgIpc) is 3.08. The van der Waals surface area contributed by atoms with E-state index in [1.54, 1.807) is 0 Å². The van der Waals surface area contributed by atoms with E-state index in [0.717, 1.165) is 29.5 Å². The molecule has 0 bridgehead atoms. The van der Waals surface area contributed by atoms with Gasteiger partial charge in [0.15, 0.2) is 0 Å². The second-order valence-corrected chi connectivity index (χ2v) is 11.2. The monoisotopic (exact) mass is 496 g/mol. The van der Waals surface area contributed by atoms with E-state index in [9.17, 15) is 30.0 Å². The van der Waals surface area contributed by atoms with E-state index in [0.29, 0.717) is 6.07 Å². The molecule has 0 unspecified atom stereocenters. The van der Waals surface area contributed by atoms with Gasteiger partial charge in [0, 0.05) is 5.69 Å². The topological polar surface area (TPSA) is 92.3 Å². The Balaban J connectivity index is 1.86. The second kappa shape index (κ2) is 8.10. The molecule has 1 aromatic heterocycles. The van der Waals surface area contributed by atoms with Gasteiger partial charge in [0.05, 0.1) is 20.5 Å². The summed E-state index contributed by atoms with van der Waals surface area (Å²) < 4.78 is 92.8. The van der Waals surface area contributed by atoms with Crippen LogP contribution < -0.4 is 9.44 Å². The molecule has 0 aliphatic carbocycles. The van der Waals surface area contributed by atoms with Crippen LogP contribution in [0.3, 0.4) is 0 Å². The lowest BCUT2D eigenvalue weighted by molar-refractivity contribution is -0.137. The van der Waals surface area contributed by atoms with E-state index in [-0.39, 0.29) is 24.8 Å². The smallest absolute Gasteiger partial charge is 0.280 e. The molecule has 0 saturated heterocycles. The van der Waals surface area contributed by atoms with Gasteiger partial charge in [-0.2, -0.15) is 13.2 Å². The molecule has 2 N–H and O–H groups in total. The first-order chi connectivity index (χ1) is 13.9. The minimum atomic E-state index is -4.63. The quantitative estimate of drug-likeness (QED) is 0.501. The number of alkyl halides is 3. The van der Waals surface area contributed by atoms with E-state index in [1.807, 2.05) is 0 Å². The standard InChI is InChI=1S/C17H12ClF3N2O4S3/c18-15-7-8-16(28-15)30(26,27)23-13-5-2-6-14(10-13)29(24,25)22-12-4-1-3-11(9-12)17(19,20)21/h1-10,22-23H. The van der Waals surface area contributed by atoms with Crippen molar-refractivity contribution in [3.63, 3.8) is 0 Å². The van der Waals surface area contributed by atoms with E-state index < -0.39 is 31.8 Å². The van der Waals surface area contributed by atoms with Crippen molar-refractivity contribution in [1.29, 1.82) is 0 Å². The Morgan fingerprint density at radius 3 is 2.00 bits per heavy atom. The van der Waals surface area contributed by atoms with Gasteiger partial charge < -0.3 is 0 Å². The van der Waals surface area contributed by atoms with Crippen LogP contribution in [0.25, 0.3) is 0 Å². The average molecular weight is 497 g/mol. The van der Waals surface area contributed by atoms with Crippen molar-refractivity contribution in [1.82, 2.24) is 0 Å². The minimum Gasteiger partial charge on any atom is -0.280 e. The normalized spacial score (nSPS) is 12.5. The summed E-state index contributed by atoms with van der Waals surface area (Å²) in [6.45, 7) is 0. The fourth-order valence-corrected chi connectivity index (χ4v) is 5.97. The Hall–Kier alpha value is -2.28. The number of hydrogen-bond acceptors (Lipinski definition) is 5. The maximum Gasteiger partial charge on any atom is 0.416 e. The number of sulfonamides is 2. The predicted octanol–water partition coefficient (Wildman–Crippen LogP) is 5.02. The van der Waals surface area contributed by atoms with Crippen molar-refractivity contribution >= 4 is 54.4 Å². The lowest BCUT2D eigenvalue weighted by atomic mass is 10.2. The van der Waals surface area contributed by atoms with Crippen LogP contribution in [0.2, 0.25) is 4.34 Å². The highest BCUT2D eigenvalue weighted by Gasteiger charge is 2.30. The van der Waals surface area contributed by atoms with Gasteiger partial charge in [-0.15, -0.1) is 11.3 Å². The van der Waals surface area contributed by atoms with Gasteiger partial charge in [0.1, 0.15) is 4.21 Å². The molecule has 0 spiro atoms.